The summed E-state index contributed by atoms with van der Waals surface area (Å²) in [4.78, 5) is 0. The van der Waals surface area contributed by atoms with Crippen molar-refractivity contribution in [1.82, 2.24) is 0 Å². The topological polar surface area (TPSA) is 0 Å². The van der Waals surface area contributed by atoms with Gasteiger partial charge in [-0.1, -0.05) is 93.6 Å². The third-order valence-corrected chi connectivity index (χ3v) is 3.26. The van der Waals surface area contributed by atoms with E-state index >= 15 is 0 Å². The second kappa shape index (κ2) is 9.77. The number of hydrogen-bond acceptors (Lipinski definition) is 0. The van der Waals surface area contributed by atoms with Gasteiger partial charge < -0.3 is 0 Å². The van der Waals surface area contributed by atoms with Crippen molar-refractivity contribution in [1.29, 1.82) is 0 Å². The number of benzene rings is 3. The van der Waals surface area contributed by atoms with Gasteiger partial charge >= 0.3 is 0 Å². The zero-order valence-electron chi connectivity index (χ0n) is 13.6. The molecule has 0 heteroatoms. The minimum Gasteiger partial charge on any atom is -0.0683 e. The molecule has 3 rings (SSSR count). The molecule has 0 amide bonds. The molecule has 3 aromatic carbocycles. The van der Waals surface area contributed by atoms with Crippen LogP contribution in [-0.2, 0) is 6.42 Å². The lowest BCUT2D eigenvalue weighted by molar-refractivity contribution is 1.14. The van der Waals surface area contributed by atoms with Crippen molar-refractivity contribution >= 4 is 10.8 Å². The first-order valence-electron chi connectivity index (χ1n) is 7.79. The van der Waals surface area contributed by atoms with E-state index in [1.54, 1.807) is 0 Å². The molecule has 0 saturated carbocycles. The zero-order chi connectivity index (χ0) is 15.5. The molecule has 0 aliphatic rings. The van der Waals surface area contributed by atoms with E-state index in [1.807, 2.05) is 19.9 Å². The molecule has 0 N–H and O–H groups in total. The van der Waals surface area contributed by atoms with Crippen LogP contribution in [0.2, 0.25) is 0 Å². The lowest BCUT2D eigenvalue weighted by Crippen LogP contribution is -1.75. The normalized spacial score (nSPS) is 9.14. The Labute approximate surface area is 129 Å². The fourth-order valence-electron chi connectivity index (χ4n) is 2.10. The Morgan fingerprint density at radius 3 is 1.81 bits per heavy atom. The molecule has 0 radical (unpaired) electrons. The van der Waals surface area contributed by atoms with Crippen molar-refractivity contribution in [3.8, 4) is 0 Å². The van der Waals surface area contributed by atoms with Crippen molar-refractivity contribution in [3.05, 3.63) is 83.9 Å². The van der Waals surface area contributed by atoms with Gasteiger partial charge in [0.15, 0.2) is 0 Å². The molecular weight excluding hydrogens is 252 g/mol. The van der Waals surface area contributed by atoms with E-state index in [2.05, 4.69) is 80.6 Å². The number of aryl methyl sites for hydroxylation is 2. The highest BCUT2D eigenvalue weighted by Gasteiger charge is 1.92. The Bertz CT molecular complexity index is 618. The molecule has 21 heavy (non-hydrogen) atoms. The Morgan fingerprint density at radius 1 is 0.667 bits per heavy atom. The number of hydrogen-bond donors (Lipinski definition) is 0. The van der Waals surface area contributed by atoms with Gasteiger partial charge in [-0.3, -0.25) is 0 Å². The predicted molar refractivity (Wildman–Crippen MR) is 95.9 cm³/mol. The summed E-state index contributed by atoms with van der Waals surface area (Å²) >= 11 is 0. The van der Waals surface area contributed by atoms with E-state index in [0.717, 1.165) is 6.42 Å². The Kier molecular flexibility index (Phi) is 7.89. The van der Waals surface area contributed by atoms with Gasteiger partial charge in [-0.05, 0) is 35.2 Å². The van der Waals surface area contributed by atoms with E-state index < -0.39 is 0 Å². The summed E-state index contributed by atoms with van der Waals surface area (Å²) in [7, 11) is 0. The summed E-state index contributed by atoms with van der Waals surface area (Å²) in [6.45, 7) is 8.30. The van der Waals surface area contributed by atoms with Gasteiger partial charge in [-0.2, -0.15) is 0 Å². The molecule has 0 heterocycles. The molecular formula is C21H26. The molecule has 0 saturated heterocycles. The first-order valence-corrected chi connectivity index (χ1v) is 7.79. The Morgan fingerprint density at radius 2 is 1.24 bits per heavy atom. The molecule has 3 aromatic rings. The number of fused-ring (bicyclic) bond motifs is 1. The molecule has 0 atom stereocenters. The van der Waals surface area contributed by atoms with Gasteiger partial charge in [0.1, 0.15) is 0 Å². The first-order chi connectivity index (χ1) is 10.3. The summed E-state index contributed by atoms with van der Waals surface area (Å²) in [6, 6.07) is 25.3. The molecule has 0 spiro atoms. The van der Waals surface area contributed by atoms with Crippen LogP contribution in [0.3, 0.4) is 0 Å². The summed E-state index contributed by atoms with van der Waals surface area (Å²) in [5.74, 6) is 0. The van der Waals surface area contributed by atoms with Gasteiger partial charge in [-0.25, -0.2) is 0 Å². The Hall–Kier alpha value is -2.08. The second-order valence-corrected chi connectivity index (χ2v) is 4.64. The molecule has 110 valence electrons. The van der Waals surface area contributed by atoms with E-state index in [-0.39, 0.29) is 0 Å². The van der Waals surface area contributed by atoms with Crippen molar-refractivity contribution in [2.45, 2.75) is 34.1 Å². The lowest BCUT2D eigenvalue weighted by Gasteiger charge is -1.98. The maximum Gasteiger partial charge on any atom is -0.0155 e. The van der Waals surface area contributed by atoms with Crippen LogP contribution in [-0.4, -0.2) is 0 Å². The van der Waals surface area contributed by atoms with E-state index in [0.29, 0.717) is 0 Å². The molecule has 0 aromatic heterocycles. The molecule has 0 bridgehead atoms. The van der Waals surface area contributed by atoms with Crippen LogP contribution in [0.15, 0.2) is 72.8 Å². The number of rotatable bonds is 1. The molecule has 0 fully saturated rings. The van der Waals surface area contributed by atoms with Crippen molar-refractivity contribution in [3.63, 3.8) is 0 Å². The van der Waals surface area contributed by atoms with Crippen LogP contribution in [0.5, 0.6) is 0 Å². The monoisotopic (exact) mass is 278 g/mol. The first kappa shape index (κ1) is 17.0. The fourth-order valence-corrected chi connectivity index (χ4v) is 2.10. The molecule has 0 nitrogen and oxygen atoms in total. The third-order valence-electron chi connectivity index (χ3n) is 3.26. The van der Waals surface area contributed by atoms with Gasteiger partial charge in [0.05, 0.1) is 0 Å². The van der Waals surface area contributed by atoms with Crippen LogP contribution in [0.1, 0.15) is 31.9 Å². The average molecular weight is 278 g/mol. The lowest BCUT2D eigenvalue weighted by atomic mass is 10.1. The van der Waals surface area contributed by atoms with E-state index in [9.17, 15) is 0 Å². The quantitative estimate of drug-likeness (QED) is 0.481. The summed E-state index contributed by atoms with van der Waals surface area (Å²) in [6.07, 6.45) is 1.14. The summed E-state index contributed by atoms with van der Waals surface area (Å²) in [5, 5.41) is 2.68. The maximum absolute atomic E-state index is 2.16. The highest BCUT2D eigenvalue weighted by atomic mass is 14.0. The summed E-state index contributed by atoms with van der Waals surface area (Å²) < 4.78 is 0. The van der Waals surface area contributed by atoms with Crippen LogP contribution < -0.4 is 0 Å². The highest BCUT2D eigenvalue weighted by molar-refractivity contribution is 5.85. The van der Waals surface area contributed by atoms with Crippen molar-refractivity contribution in [2.24, 2.45) is 0 Å². The third kappa shape index (κ3) is 5.43. The van der Waals surface area contributed by atoms with E-state index in [4.69, 9.17) is 0 Å². The predicted octanol–water partition coefficient (Wildman–Crippen LogP) is 6.42. The SMILES string of the molecule is CC.CCc1ccccc1.Cc1cccc2ccccc12. The second-order valence-electron chi connectivity index (χ2n) is 4.64. The standard InChI is InChI=1S/C11H10.C8H10.C2H6/c1-9-5-4-7-10-6-2-3-8-11(9)10;1-2-8-6-4-3-5-7-8;1-2/h2-8H,1H3;3-7H,2H2,1H3;1-2H3. The maximum atomic E-state index is 2.16. The van der Waals surface area contributed by atoms with Crippen LogP contribution >= 0.6 is 0 Å². The minimum atomic E-state index is 1.14. The Balaban J connectivity index is 0.000000196. The highest BCUT2D eigenvalue weighted by Crippen LogP contribution is 2.16. The van der Waals surface area contributed by atoms with Crippen molar-refractivity contribution < 1.29 is 0 Å². The van der Waals surface area contributed by atoms with Crippen LogP contribution in [0.4, 0.5) is 0 Å². The van der Waals surface area contributed by atoms with Crippen LogP contribution in [0.25, 0.3) is 10.8 Å². The largest absolute Gasteiger partial charge is 0.0683 e. The van der Waals surface area contributed by atoms with Gasteiger partial charge in [-0.15, -0.1) is 0 Å². The van der Waals surface area contributed by atoms with Crippen molar-refractivity contribution in [2.75, 3.05) is 0 Å². The average Bonchev–Trinajstić information content (AvgIpc) is 2.58. The summed E-state index contributed by atoms with van der Waals surface area (Å²) in [5.41, 5.74) is 2.76. The van der Waals surface area contributed by atoms with Gasteiger partial charge in [0.25, 0.3) is 0 Å². The molecule has 0 unspecified atom stereocenters. The van der Waals surface area contributed by atoms with Gasteiger partial charge in [0.2, 0.25) is 0 Å². The van der Waals surface area contributed by atoms with E-state index in [1.165, 1.54) is 21.9 Å². The smallest absolute Gasteiger partial charge is 0.0155 e. The molecule has 0 aliphatic heterocycles. The molecule has 0 aliphatic carbocycles. The van der Waals surface area contributed by atoms with Gasteiger partial charge in [0, 0.05) is 0 Å². The van der Waals surface area contributed by atoms with Crippen LogP contribution in [0, 0.1) is 6.92 Å². The minimum absolute atomic E-state index is 1.14. The zero-order valence-corrected chi connectivity index (χ0v) is 13.6. The fraction of sp³-hybridized carbons (Fsp3) is 0.238.